The minimum absolute atomic E-state index is 0.162. The third-order valence-corrected chi connectivity index (χ3v) is 6.95. The molecule has 4 heteroatoms. The highest BCUT2D eigenvalue weighted by atomic mass is 35.5. The first kappa shape index (κ1) is 34.2. The van der Waals surface area contributed by atoms with Crippen LogP contribution in [0.3, 0.4) is 0 Å². The topological polar surface area (TPSA) is 21.7 Å². The van der Waals surface area contributed by atoms with Crippen LogP contribution in [0.15, 0.2) is 0 Å². The first-order valence-electron chi connectivity index (χ1n) is 15.2. The summed E-state index contributed by atoms with van der Waals surface area (Å²) < 4.78 is 12.2. The van der Waals surface area contributed by atoms with Gasteiger partial charge in [0, 0.05) is 32.2 Å². The number of nitrogens with zero attached hydrogens (tertiary/aromatic N) is 1. The van der Waals surface area contributed by atoms with Gasteiger partial charge in [-0.05, 0) is 19.9 Å². The zero-order valence-electron chi connectivity index (χ0n) is 23.6. The summed E-state index contributed by atoms with van der Waals surface area (Å²) >= 11 is 5.92. The summed E-state index contributed by atoms with van der Waals surface area (Å²) in [5.74, 6) is 0.668. The molecule has 34 heavy (non-hydrogen) atoms. The van der Waals surface area contributed by atoms with Crippen molar-refractivity contribution in [3.05, 3.63) is 0 Å². The summed E-state index contributed by atoms with van der Waals surface area (Å²) in [6.07, 6.45) is 27.4. The van der Waals surface area contributed by atoms with Crippen molar-refractivity contribution in [3.8, 4) is 0 Å². The van der Waals surface area contributed by atoms with E-state index < -0.39 is 0 Å². The molecule has 0 aromatic rings. The van der Waals surface area contributed by atoms with Crippen LogP contribution in [-0.4, -0.2) is 56.8 Å². The van der Waals surface area contributed by atoms with Crippen LogP contribution in [-0.2, 0) is 9.47 Å². The summed E-state index contributed by atoms with van der Waals surface area (Å²) in [5.41, 5.74) is 0. The lowest BCUT2D eigenvalue weighted by atomic mass is 10.1. The highest BCUT2D eigenvalue weighted by molar-refractivity contribution is 6.18. The zero-order chi connectivity index (χ0) is 25.0. The van der Waals surface area contributed by atoms with E-state index in [-0.39, 0.29) is 6.10 Å². The average molecular weight is 504 g/mol. The molecule has 0 bridgehead atoms. The molecule has 0 aliphatic carbocycles. The fraction of sp³-hybridized carbons (Fsp3) is 1.00. The van der Waals surface area contributed by atoms with Gasteiger partial charge in [-0.15, -0.1) is 11.6 Å². The molecule has 0 amide bonds. The van der Waals surface area contributed by atoms with Crippen molar-refractivity contribution in [1.29, 1.82) is 0 Å². The molecule has 0 rings (SSSR count). The molecule has 0 fully saturated rings. The van der Waals surface area contributed by atoms with Crippen LogP contribution in [0.5, 0.6) is 0 Å². The number of halogens is 1. The quantitative estimate of drug-likeness (QED) is 0.0748. The maximum absolute atomic E-state index is 6.22. The maximum Gasteiger partial charge on any atom is 0.0934 e. The number of rotatable bonds is 29. The van der Waals surface area contributed by atoms with Crippen molar-refractivity contribution < 1.29 is 9.47 Å². The Balaban J connectivity index is 3.72. The van der Waals surface area contributed by atoms with Crippen LogP contribution >= 0.6 is 11.6 Å². The van der Waals surface area contributed by atoms with Crippen LogP contribution in [0.25, 0.3) is 0 Å². The Hall–Kier alpha value is 0.170. The second kappa shape index (κ2) is 29.4. The summed E-state index contributed by atoms with van der Waals surface area (Å²) in [6, 6.07) is 0. The number of likely N-dealkylation sites (N-methyl/N-ethyl adjacent to an activating group) is 1. The molecule has 0 heterocycles. The lowest BCUT2D eigenvalue weighted by Gasteiger charge is -2.24. The predicted octanol–water partition coefficient (Wildman–Crippen LogP) is 9.40. The molecule has 0 saturated heterocycles. The van der Waals surface area contributed by atoms with Crippen molar-refractivity contribution in [2.24, 2.45) is 0 Å². The number of hydrogen-bond donors (Lipinski definition) is 0. The number of hydrogen-bond acceptors (Lipinski definition) is 3. The van der Waals surface area contributed by atoms with Gasteiger partial charge in [0.05, 0.1) is 12.7 Å². The summed E-state index contributed by atoms with van der Waals surface area (Å²) in [5, 5.41) is 0. The molecule has 1 unspecified atom stereocenters. The van der Waals surface area contributed by atoms with Gasteiger partial charge in [-0.3, -0.25) is 0 Å². The second-order valence-electron chi connectivity index (χ2n) is 10.4. The first-order valence-corrected chi connectivity index (χ1v) is 15.7. The molecule has 0 aromatic heterocycles. The third kappa shape index (κ3) is 26.8. The fourth-order valence-corrected chi connectivity index (χ4v) is 4.77. The predicted molar refractivity (Wildman–Crippen MR) is 152 cm³/mol. The van der Waals surface area contributed by atoms with Crippen molar-refractivity contribution >= 4 is 11.6 Å². The Morgan fingerprint density at radius 2 is 1.00 bits per heavy atom. The lowest BCUT2D eigenvalue weighted by molar-refractivity contribution is -0.0307. The Morgan fingerprint density at radius 3 is 1.44 bits per heavy atom. The number of ether oxygens (including phenoxy) is 2. The van der Waals surface area contributed by atoms with Gasteiger partial charge in [-0.1, -0.05) is 129 Å². The van der Waals surface area contributed by atoms with E-state index in [2.05, 4.69) is 25.8 Å². The first-order chi connectivity index (χ1) is 16.7. The highest BCUT2D eigenvalue weighted by Gasteiger charge is 2.12. The van der Waals surface area contributed by atoms with Gasteiger partial charge in [0.25, 0.3) is 0 Å². The van der Waals surface area contributed by atoms with Crippen LogP contribution in [0.2, 0.25) is 0 Å². The second-order valence-corrected chi connectivity index (χ2v) is 10.8. The lowest BCUT2D eigenvalue weighted by Crippen LogP contribution is -2.35. The molecule has 0 aliphatic heterocycles. The molecule has 0 aliphatic rings. The summed E-state index contributed by atoms with van der Waals surface area (Å²) in [6.45, 7) is 8.81. The van der Waals surface area contributed by atoms with Crippen molar-refractivity contribution in [1.82, 2.24) is 4.90 Å². The van der Waals surface area contributed by atoms with Gasteiger partial charge >= 0.3 is 0 Å². The van der Waals surface area contributed by atoms with E-state index in [0.717, 1.165) is 26.3 Å². The largest absolute Gasteiger partial charge is 0.379 e. The molecule has 0 aromatic carbocycles. The highest BCUT2D eigenvalue weighted by Crippen LogP contribution is 2.12. The molecule has 0 spiro atoms. The van der Waals surface area contributed by atoms with E-state index in [1.54, 1.807) is 0 Å². The number of unbranched alkanes of at least 4 members (excludes halogenated alkanes) is 18. The summed E-state index contributed by atoms with van der Waals surface area (Å²) in [4.78, 5) is 2.26. The average Bonchev–Trinajstić information content (AvgIpc) is 2.83. The monoisotopic (exact) mass is 503 g/mol. The van der Waals surface area contributed by atoms with E-state index in [1.165, 1.54) is 128 Å². The zero-order valence-corrected chi connectivity index (χ0v) is 24.4. The molecule has 1 atom stereocenters. The minimum atomic E-state index is 0.162. The van der Waals surface area contributed by atoms with Gasteiger partial charge in [0.1, 0.15) is 0 Å². The Kier molecular flexibility index (Phi) is 29.5. The normalized spacial score (nSPS) is 12.6. The maximum atomic E-state index is 6.22. The standard InChI is InChI=1S/C30H62ClNO2/c1-4-6-8-10-12-14-16-18-20-22-26-33-29-30(28-32(3)25-24-31)34-27-23-21-19-17-15-13-11-9-7-5-2/h30H,4-29H2,1-3H3. The van der Waals surface area contributed by atoms with Gasteiger partial charge in [-0.25, -0.2) is 0 Å². The molecular weight excluding hydrogens is 442 g/mol. The van der Waals surface area contributed by atoms with Crippen LogP contribution in [0.4, 0.5) is 0 Å². The van der Waals surface area contributed by atoms with Crippen molar-refractivity contribution in [2.75, 3.05) is 45.8 Å². The Labute approximate surface area is 220 Å². The third-order valence-electron chi connectivity index (χ3n) is 6.78. The van der Waals surface area contributed by atoms with Gasteiger partial charge < -0.3 is 14.4 Å². The van der Waals surface area contributed by atoms with E-state index in [9.17, 15) is 0 Å². The molecule has 0 saturated carbocycles. The molecular formula is C30H62ClNO2. The Morgan fingerprint density at radius 1 is 0.588 bits per heavy atom. The fourth-order valence-electron chi connectivity index (χ4n) is 4.48. The van der Waals surface area contributed by atoms with E-state index in [4.69, 9.17) is 21.1 Å². The number of alkyl halides is 1. The van der Waals surface area contributed by atoms with Crippen molar-refractivity contribution in [3.63, 3.8) is 0 Å². The van der Waals surface area contributed by atoms with Gasteiger partial charge in [-0.2, -0.15) is 0 Å². The molecule has 0 N–H and O–H groups in total. The minimum Gasteiger partial charge on any atom is -0.379 e. The molecule has 0 radical (unpaired) electrons. The van der Waals surface area contributed by atoms with Crippen LogP contribution in [0.1, 0.15) is 142 Å². The van der Waals surface area contributed by atoms with E-state index in [0.29, 0.717) is 12.5 Å². The van der Waals surface area contributed by atoms with Crippen LogP contribution in [0, 0.1) is 0 Å². The van der Waals surface area contributed by atoms with Gasteiger partial charge in [0.2, 0.25) is 0 Å². The van der Waals surface area contributed by atoms with Crippen molar-refractivity contribution in [2.45, 2.75) is 148 Å². The van der Waals surface area contributed by atoms with Gasteiger partial charge in [0.15, 0.2) is 0 Å². The van der Waals surface area contributed by atoms with E-state index in [1.807, 2.05) is 0 Å². The SMILES string of the molecule is CCCCCCCCCCCCOCC(CN(C)CCCl)OCCCCCCCCCCCC. The summed E-state index contributed by atoms with van der Waals surface area (Å²) in [7, 11) is 2.13. The van der Waals surface area contributed by atoms with E-state index >= 15 is 0 Å². The molecule has 3 nitrogen and oxygen atoms in total. The molecule has 206 valence electrons. The smallest absolute Gasteiger partial charge is 0.0934 e. The Bertz CT molecular complexity index is 370. The van der Waals surface area contributed by atoms with Crippen LogP contribution < -0.4 is 0 Å².